The largest absolute Gasteiger partial charge is 0.397 e. The molecule has 1 fully saturated rings. The molecule has 0 aromatic heterocycles. The number of hydrogen-bond acceptors (Lipinski definition) is 3. The number of nitrogens with zero attached hydrogens (tertiary/aromatic N) is 1. The fourth-order valence-corrected chi connectivity index (χ4v) is 4.91. The first-order valence-corrected chi connectivity index (χ1v) is 8.45. The highest BCUT2D eigenvalue weighted by atomic mass is 32.2. The van der Waals surface area contributed by atoms with Gasteiger partial charge >= 0.3 is 0 Å². The van der Waals surface area contributed by atoms with Crippen molar-refractivity contribution in [3.05, 3.63) is 23.3 Å². The van der Waals surface area contributed by atoms with Crippen molar-refractivity contribution >= 4 is 15.7 Å². The van der Waals surface area contributed by atoms with Gasteiger partial charge in [-0.25, -0.2) is 8.42 Å². The maximum absolute atomic E-state index is 12.9. The summed E-state index contributed by atoms with van der Waals surface area (Å²) in [5, 5.41) is 0. The Labute approximate surface area is 122 Å². The van der Waals surface area contributed by atoms with Crippen LogP contribution in [0.3, 0.4) is 0 Å². The predicted octanol–water partition coefficient (Wildman–Crippen LogP) is 2.70. The number of hydrogen-bond donors (Lipinski definition) is 1. The molecule has 1 aliphatic heterocycles. The zero-order chi connectivity index (χ0) is 15.1. The zero-order valence-electron chi connectivity index (χ0n) is 12.7. The number of sulfonamides is 1. The molecule has 1 aromatic rings. The van der Waals surface area contributed by atoms with Crippen molar-refractivity contribution in [2.45, 2.75) is 45.4 Å². The summed E-state index contributed by atoms with van der Waals surface area (Å²) in [7, 11) is -3.51. The number of nitrogen functional groups attached to an aromatic ring is 1. The van der Waals surface area contributed by atoms with Crippen LogP contribution in [0.4, 0.5) is 5.69 Å². The molecule has 0 saturated carbocycles. The Morgan fingerprint density at radius 2 is 1.80 bits per heavy atom. The van der Waals surface area contributed by atoms with Crippen LogP contribution in [0.15, 0.2) is 17.0 Å². The molecule has 2 N–H and O–H groups in total. The van der Waals surface area contributed by atoms with Crippen molar-refractivity contribution in [3.63, 3.8) is 0 Å². The molecule has 0 bridgehead atoms. The standard InChI is InChI=1S/C15H24N2O2S/c1-11-6-7-12(2)14(13(11)16)20(18,19)17-9-5-8-15(3,4)10-17/h6-7H,5,8-10,16H2,1-4H3. The van der Waals surface area contributed by atoms with Crippen molar-refractivity contribution in [1.29, 1.82) is 0 Å². The molecule has 0 radical (unpaired) electrons. The van der Waals surface area contributed by atoms with Gasteiger partial charge in [0.15, 0.2) is 0 Å². The maximum Gasteiger partial charge on any atom is 0.245 e. The molecule has 112 valence electrons. The molecule has 0 aliphatic carbocycles. The van der Waals surface area contributed by atoms with Gasteiger partial charge in [-0.1, -0.05) is 26.0 Å². The molecule has 4 nitrogen and oxygen atoms in total. The lowest BCUT2D eigenvalue weighted by molar-refractivity contribution is 0.187. The number of piperidine rings is 1. The third-order valence-corrected chi connectivity index (χ3v) is 6.12. The van der Waals surface area contributed by atoms with Gasteiger partial charge in [0.05, 0.1) is 5.69 Å². The van der Waals surface area contributed by atoms with Gasteiger partial charge in [-0.05, 0) is 43.2 Å². The van der Waals surface area contributed by atoms with Crippen molar-refractivity contribution in [1.82, 2.24) is 4.31 Å². The molecule has 1 aliphatic rings. The molecule has 1 saturated heterocycles. The van der Waals surface area contributed by atoms with E-state index < -0.39 is 10.0 Å². The highest BCUT2D eigenvalue weighted by molar-refractivity contribution is 7.89. The highest BCUT2D eigenvalue weighted by Gasteiger charge is 2.35. The third kappa shape index (κ3) is 2.69. The van der Waals surface area contributed by atoms with E-state index in [0.717, 1.165) is 24.0 Å². The van der Waals surface area contributed by atoms with Crippen molar-refractivity contribution < 1.29 is 8.42 Å². The van der Waals surface area contributed by atoms with Gasteiger partial charge < -0.3 is 5.73 Å². The van der Waals surface area contributed by atoms with Gasteiger partial charge in [-0.3, -0.25) is 0 Å². The highest BCUT2D eigenvalue weighted by Crippen LogP contribution is 2.35. The summed E-state index contributed by atoms with van der Waals surface area (Å²) in [4.78, 5) is 0.287. The van der Waals surface area contributed by atoms with Crippen LogP contribution in [0, 0.1) is 19.3 Å². The molecule has 20 heavy (non-hydrogen) atoms. The number of aryl methyl sites for hydroxylation is 2. The number of nitrogens with two attached hydrogens (primary N) is 1. The summed E-state index contributed by atoms with van der Waals surface area (Å²) in [5.41, 5.74) is 7.98. The van der Waals surface area contributed by atoms with E-state index >= 15 is 0 Å². The summed E-state index contributed by atoms with van der Waals surface area (Å²) in [6, 6.07) is 3.69. The molecule has 5 heteroatoms. The molecule has 0 amide bonds. The van der Waals surface area contributed by atoms with Crippen molar-refractivity contribution in [3.8, 4) is 0 Å². The van der Waals surface area contributed by atoms with Gasteiger partial charge in [0, 0.05) is 13.1 Å². The lowest BCUT2D eigenvalue weighted by Gasteiger charge is -2.37. The molecule has 2 rings (SSSR count). The van der Waals surface area contributed by atoms with Crippen molar-refractivity contribution in [2.24, 2.45) is 5.41 Å². The second-order valence-electron chi connectivity index (χ2n) is 6.55. The number of anilines is 1. The van der Waals surface area contributed by atoms with E-state index in [0.29, 0.717) is 18.8 Å². The monoisotopic (exact) mass is 296 g/mol. The first kappa shape index (κ1) is 15.3. The van der Waals surface area contributed by atoms with Crippen LogP contribution in [-0.2, 0) is 10.0 Å². The van der Waals surface area contributed by atoms with E-state index in [1.54, 1.807) is 11.2 Å². The summed E-state index contributed by atoms with van der Waals surface area (Å²) in [6.45, 7) is 9.01. The van der Waals surface area contributed by atoms with Crippen LogP contribution in [0.5, 0.6) is 0 Å². The van der Waals surface area contributed by atoms with Gasteiger partial charge in [0.25, 0.3) is 0 Å². The molecule has 0 spiro atoms. The summed E-state index contributed by atoms with van der Waals surface area (Å²) < 4.78 is 27.4. The third-order valence-electron chi connectivity index (χ3n) is 4.07. The Morgan fingerprint density at radius 3 is 2.40 bits per heavy atom. The normalized spacial score (nSPS) is 20.0. The van der Waals surface area contributed by atoms with Crippen LogP contribution < -0.4 is 5.73 Å². The fraction of sp³-hybridized carbons (Fsp3) is 0.600. The van der Waals surface area contributed by atoms with E-state index in [9.17, 15) is 8.42 Å². The van der Waals surface area contributed by atoms with Gasteiger partial charge in [-0.2, -0.15) is 4.31 Å². The zero-order valence-corrected chi connectivity index (χ0v) is 13.5. The fourth-order valence-electron chi connectivity index (χ4n) is 2.85. The molecule has 0 unspecified atom stereocenters. The van der Waals surface area contributed by atoms with Gasteiger partial charge in [-0.15, -0.1) is 0 Å². The lowest BCUT2D eigenvalue weighted by Crippen LogP contribution is -2.43. The number of benzene rings is 1. The Balaban J connectivity index is 2.49. The topological polar surface area (TPSA) is 63.4 Å². The van der Waals surface area contributed by atoms with E-state index in [1.807, 2.05) is 19.1 Å². The SMILES string of the molecule is Cc1ccc(C)c(S(=O)(=O)N2CCCC(C)(C)C2)c1N. The first-order chi connectivity index (χ1) is 9.15. The first-order valence-electron chi connectivity index (χ1n) is 7.01. The Kier molecular flexibility index (Phi) is 3.86. The minimum atomic E-state index is -3.51. The Bertz CT molecular complexity index is 621. The van der Waals surface area contributed by atoms with Crippen LogP contribution in [-0.4, -0.2) is 25.8 Å². The van der Waals surface area contributed by atoms with Crippen LogP contribution in [0.25, 0.3) is 0 Å². The van der Waals surface area contributed by atoms with Gasteiger partial charge in [0.1, 0.15) is 4.90 Å². The molecule has 1 aromatic carbocycles. The van der Waals surface area contributed by atoms with Gasteiger partial charge in [0.2, 0.25) is 10.0 Å². The van der Waals surface area contributed by atoms with E-state index in [1.165, 1.54) is 0 Å². The minimum Gasteiger partial charge on any atom is -0.397 e. The van der Waals surface area contributed by atoms with Crippen molar-refractivity contribution in [2.75, 3.05) is 18.8 Å². The molecule has 1 heterocycles. The van der Waals surface area contributed by atoms with Crippen LogP contribution >= 0.6 is 0 Å². The Morgan fingerprint density at radius 1 is 1.20 bits per heavy atom. The second-order valence-corrected chi connectivity index (χ2v) is 8.42. The van der Waals surface area contributed by atoms with Crippen LogP contribution in [0.1, 0.15) is 37.8 Å². The summed E-state index contributed by atoms with van der Waals surface area (Å²) in [6.07, 6.45) is 1.96. The van der Waals surface area contributed by atoms with Crippen LogP contribution in [0.2, 0.25) is 0 Å². The number of rotatable bonds is 2. The maximum atomic E-state index is 12.9. The molecule has 0 atom stereocenters. The van der Waals surface area contributed by atoms with E-state index in [-0.39, 0.29) is 10.3 Å². The smallest absolute Gasteiger partial charge is 0.245 e. The quantitative estimate of drug-likeness (QED) is 0.853. The summed E-state index contributed by atoms with van der Waals surface area (Å²) in [5.74, 6) is 0. The van der Waals surface area contributed by atoms with E-state index in [2.05, 4.69) is 13.8 Å². The van der Waals surface area contributed by atoms with E-state index in [4.69, 9.17) is 5.73 Å². The minimum absolute atomic E-state index is 0.0256. The molecular weight excluding hydrogens is 272 g/mol. The lowest BCUT2D eigenvalue weighted by atomic mass is 9.85. The molecular formula is C15H24N2O2S. The average molecular weight is 296 g/mol. The Hall–Kier alpha value is -1.07. The average Bonchev–Trinajstić information content (AvgIpc) is 2.33. The summed E-state index contributed by atoms with van der Waals surface area (Å²) >= 11 is 0. The second kappa shape index (κ2) is 5.04. The predicted molar refractivity (Wildman–Crippen MR) is 82.1 cm³/mol.